The van der Waals surface area contributed by atoms with Gasteiger partial charge in [0.05, 0.1) is 17.6 Å². The minimum atomic E-state index is 0.437. The van der Waals surface area contributed by atoms with Crippen LogP contribution < -0.4 is 0 Å². The second-order valence-electron chi connectivity index (χ2n) is 9.52. The standard InChI is InChI=1S/C26H32N6/c1-16(2)25-23-13-20(19-7-9-32(10-8-19)15-22-14-27-31-30-22)5-6-24(23)29-26(25)21-11-17(3)28-18(4)12-21/h5-6,11-14,16,19,29H,7-10,15H2,1-4H3,(H,27,30,31). The Bertz CT molecular complexity index is 1190. The summed E-state index contributed by atoms with van der Waals surface area (Å²) in [6.45, 7) is 11.8. The highest BCUT2D eigenvalue weighted by Gasteiger charge is 2.23. The molecule has 0 aliphatic carbocycles. The molecule has 0 saturated carbocycles. The molecule has 5 rings (SSSR count). The normalized spacial score (nSPS) is 15.8. The van der Waals surface area contributed by atoms with Crippen LogP contribution in [0.4, 0.5) is 0 Å². The number of hydrogen-bond acceptors (Lipinski definition) is 4. The van der Waals surface area contributed by atoms with Gasteiger partial charge in [0.1, 0.15) is 0 Å². The van der Waals surface area contributed by atoms with Crippen molar-refractivity contribution in [3.05, 3.63) is 64.7 Å². The summed E-state index contributed by atoms with van der Waals surface area (Å²) in [5.74, 6) is 1.05. The molecule has 1 fully saturated rings. The van der Waals surface area contributed by atoms with E-state index < -0.39 is 0 Å². The zero-order valence-corrected chi connectivity index (χ0v) is 19.4. The quantitative estimate of drug-likeness (QED) is 0.442. The molecule has 1 aliphatic rings. The number of pyridine rings is 1. The Labute approximate surface area is 189 Å². The van der Waals surface area contributed by atoms with E-state index in [2.05, 4.69) is 88.3 Å². The summed E-state index contributed by atoms with van der Waals surface area (Å²) >= 11 is 0. The Hall–Kier alpha value is -2.99. The van der Waals surface area contributed by atoms with Gasteiger partial charge in [0.2, 0.25) is 0 Å². The van der Waals surface area contributed by atoms with Crippen LogP contribution in [0.1, 0.15) is 66.7 Å². The summed E-state index contributed by atoms with van der Waals surface area (Å²) in [7, 11) is 0. The number of hydrogen-bond donors (Lipinski definition) is 2. The second-order valence-corrected chi connectivity index (χ2v) is 9.52. The monoisotopic (exact) mass is 428 g/mol. The highest BCUT2D eigenvalue weighted by molar-refractivity contribution is 5.92. The highest BCUT2D eigenvalue weighted by atomic mass is 15.3. The Morgan fingerprint density at radius 1 is 1.06 bits per heavy atom. The number of rotatable bonds is 5. The lowest BCUT2D eigenvalue weighted by atomic mass is 9.87. The smallest absolute Gasteiger partial charge is 0.0964 e. The average molecular weight is 429 g/mol. The lowest BCUT2D eigenvalue weighted by molar-refractivity contribution is 0.202. The fraction of sp³-hybridized carbons (Fsp3) is 0.423. The predicted molar refractivity (Wildman–Crippen MR) is 129 cm³/mol. The van der Waals surface area contributed by atoms with Crippen molar-refractivity contribution in [1.82, 2.24) is 30.3 Å². The van der Waals surface area contributed by atoms with E-state index >= 15 is 0 Å². The highest BCUT2D eigenvalue weighted by Crippen LogP contribution is 2.38. The van der Waals surface area contributed by atoms with Gasteiger partial charge in [-0.3, -0.25) is 9.88 Å². The number of H-pyrrole nitrogens is 2. The van der Waals surface area contributed by atoms with Crippen LogP contribution in [0.5, 0.6) is 0 Å². The van der Waals surface area contributed by atoms with Crippen LogP contribution in [0, 0.1) is 13.8 Å². The first-order valence-electron chi connectivity index (χ1n) is 11.7. The van der Waals surface area contributed by atoms with E-state index in [0.717, 1.165) is 36.7 Å². The van der Waals surface area contributed by atoms with E-state index in [1.54, 1.807) is 0 Å². The van der Waals surface area contributed by atoms with E-state index in [0.29, 0.717) is 11.8 Å². The Morgan fingerprint density at radius 3 is 2.47 bits per heavy atom. The number of piperidine rings is 1. The fourth-order valence-electron chi connectivity index (χ4n) is 5.25. The van der Waals surface area contributed by atoms with Gasteiger partial charge in [0.25, 0.3) is 0 Å². The topological polar surface area (TPSA) is 73.5 Å². The van der Waals surface area contributed by atoms with E-state index in [1.165, 1.54) is 46.1 Å². The maximum atomic E-state index is 4.57. The molecule has 1 saturated heterocycles. The number of fused-ring (bicyclic) bond motifs is 1. The Balaban J connectivity index is 1.43. The third kappa shape index (κ3) is 4.07. The summed E-state index contributed by atoms with van der Waals surface area (Å²) in [5, 5.41) is 12.2. The van der Waals surface area contributed by atoms with E-state index in [4.69, 9.17) is 0 Å². The van der Waals surface area contributed by atoms with E-state index in [-0.39, 0.29) is 0 Å². The molecule has 0 spiro atoms. The molecule has 0 amide bonds. The van der Waals surface area contributed by atoms with Gasteiger partial charge in [-0.2, -0.15) is 15.4 Å². The van der Waals surface area contributed by atoms with Gasteiger partial charge in [-0.25, -0.2) is 0 Å². The van der Waals surface area contributed by atoms with Crippen LogP contribution in [0.2, 0.25) is 0 Å². The van der Waals surface area contributed by atoms with Crippen molar-refractivity contribution in [3.8, 4) is 11.3 Å². The largest absolute Gasteiger partial charge is 0.354 e. The Kier molecular flexibility index (Phi) is 5.55. The van der Waals surface area contributed by atoms with Crippen molar-refractivity contribution in [2.45, 2.75) is 58.9 Å². The van der Waals surface area contributed by atoms with Crippen LogP contribution in [0.3, 0.4) is 0 Å². The maximum absolute atomic E-state index is 4.57. The van der Waals surface area contributed by atoms with Gasteiger partial charge < -0.3 is 4.98 Å². The molecule has 0 atom stereocenters. The number of likely N-dealkylation sites (tertiary alicyclic amines) is 1. The molecule has 4 aromatic rings. The molecule has 4 heterocycles. The first-order valence-corrected chi connectivity index (χ1v) is 11.7. The minimum Gasteiger partial charge on any atom is -0.354 e. The molecule has 0 radical (unpaired) electrons. The van der Waals surface area contributed by atoms with Crippen molar-refractivity contribution >= 4 is 10.9 Å². The lowest BCUT2D eigenvalue weighted by Gasteiger charge is -2.31. The number of aromatic amines is 2. The third-order valence-corrected chi connectivity index (χ3v) is 6.72. The number of aryl methyl sites for hydroxylation is 2. The molecule has 6 heteroatoms. The molecule has 32 heavy (non-hydrogen) atoms. The second kappa shape index (κ2) is 8.51. The predicted octanol–water partition coefficient (Wildman–Crippen LogP) is 5.47. The summed E-state index contributed by atoms with van der Waals surface area (Å²) in [5.41, 5.74) is 9.72. The first-order chi connectivity index (χ1) is 15.5. The van der Waals surface area contributed by atoms with Crippen LogP contribution in [0.25, 0.3) is 22.2 Å². The van der Waals surface area contributed by atoms with Crippen molar-refractivity contribution < 1.29 is 0 Å². The van der Waals surface area contributed by atoms with E-state index in [1.807, 2.05) is 6.20 Å². The molecule has 1 aromatic carbocycles. The summed E-state index contributed by atoms with van der Waals surface area (Å²) in [6.07, 6.45) is 4.18. The average Bonchev–Trinajstić information content (AvgIpc) is 3.40. The van der Waals surface area contributed by atoms with Gasteiger partial charge in [-0.05, 0) is 87.0 Å². The van der Waals surface area contributed by atoms with Crippen molar-refractivity contribution in [2.24, 2.45) is 0 Å². The van der Waals surface area contributed by atoms with Crippen LogP contribution in [0.15, 0.2) is 36.5 Å². The summed E-state index contributed by atoms with van der Waals surface area (Å²) in [4.78, 5) is 10.8. The van der Waals surface area contributed by atoms with E-state index in [9.17, 15) is 0 Å². The molecular formula is C26H32N6. The van der Waals surface area contributed by atoms with Crippen LogP contribution in [-0.4, -0.2) is 43.4 Å². The number of benzene rings is 1. The summed E-state index contributed by atoms with van der Waals surface area (Å²) in [6, 6.07) is 11.4. The van der Waals surface area contributed by atoms with Gasteiger partial charge in [0.15, 0.2) is 0 Å². The zero-order valence-electron chi connectivity index (χ0n) is 19.4. The molecule has 6 nitrogen and oxygen atoms in total. The third-order valence-electron chi connectivity index (χ3n) is 6.72. The molecule has 0 unspecified atom stereocenters. The van der Waals surface area contributed by atoms with Crippen LogP contribution in [-0.2, 0) is 6.54 Å². The minimum absolute atomic E-state index is 0.437. The SMILES string of the molecule is Cc1cc(-c2[nH]c3ccc(C4CCN(Cc5cn[nH]n5)CC4)cc3c2C(C)C)cc(C)n1. The molecule has 1 aliphatic heterocycles. The molecular weight excluding hydrogens is 396 g/mol. The van der Waals surface area contributed by atoms with Crippen molar-refractivity contribution in [2.75, 3.05) is 13.1 Å². The maximum Gasteiger partial charge on any atom is 0.0964 e. The van der Waals surface area contributed by atoms with Crippen molar-refractivity contribution in [1.29, 1.82) is 0 Å². The molecule has 0 bridgehead atoms. The van der Waals surface area contributed by atoms with Gasteiger partial charge in [-0.1, -0.05) is 19.9 Å². The first kappa shape index (κ1) is 20.9. The fourth-order valence-corrected chi connectivity index (χ4v) is 5.25. The van der Waals surface area contributed by atoms with Gasteiger partial charge in [0, 0.05) is 34.4 Å². The van der Waals surface area contributed by atoms with Gasteiger partial charge in [-0.15, -0.1) is 0 Å². The number of nitrogens with zero attached hydrogens (tertiary/aromatic N) is 4. The molecule has 2 N–H and O–H groups in total. The zero-order chi connectivity index (χ0) is 22.2. The van der Waals surface area contributed by atoms with Crippen molar-refractivity contribution in [3.63, 3.8) is 0 Å². The Morgan fingerprint density at radius 2 is 1.81 bits per heavy atom. The molecule has 166 valence electrons. The van der Waals surface area contributed by atoms with Gasteiger partial charge >= 0.3 is 0 Å². The lowest BCUT2D eigenvalue weighted by Crippen LogP contribution is -2.32. The van der Waals surface area contributed by atoms with Crippen LogP contribution >= 0.6 is 0 Å². The number of aromatic nitrogens is 5. The molecule has 3 aromatic heterocycles. The summed E-state index contributed by atoms with van der Waals surface area (Å²) < 4.78 is 0. The number of nitrogens with one attached hydrogen (secondary N) is 2.